The van der Waals surface area contributed by atoms with E-state index in [1.807, 2.05) is 57.3 Å². The van der Waals surface area contributed by atoms with Crippen LogP contribution in [0.25, 0.3) is 22.2 Å². The van der Waals surface area contributed by atoms with E-state index >= 15 is 0 Å². The van der Waals surface area contributed by atoms with Gasteiger partial charge < -0.3 is 14.8 Å². The average Bonchev–Trinajstić information content (AvgIpc) is 3.11. The van der Waals surface area contributed by atoms with E-state index in [0.717, 1.165) is 44.5 Å². The quantitative estimate of drug-likeness (QED) is 0.419. The average molecular weight is 404 g/mol. The van der Waals surface area contributed by atoms with Crippen molar-refractivity contribution in [2.75, 3.05) is 0 Å². The van der Waals surface area contributed by atoms with Crippen molar-refractivity contribution in [1.82, 2.24) is 9.97 Å². The number of fused-ring (bicyclic) bond motifs is 1. The number of aromatic nitrogens is 2. The fourth-order valence-corrected chi connectivity index (χ4v) is 3.77. The van der Waals surface area contributed by atoms with Gasteiger partial charge in [0.15, 0.2) is 0 Å². The molecule has 0 saturated heterocycles. The van der Waals surface area contributed by atoms with E-state index in [0.29, 0.717) is 11.5 Å². The van der Waals surface area contributed by atoms with Crippen LogP contribution in [0.4, 0.5) is 4.39 Å². The summed E-state index contributed by atoms with van der Waals surface area (Å²) in [6.07, 6.45) is 1.86. The first-order valence-electron chi connectivity index (χ1n) is 9.90. The summed E-state index contributed by atoms with van der Waals surface area (Å²) in [6.45, 7) is 9.11. The number of aliphatic hydroxyl groups is 1. The van der Waals surface area contributed by atoms with Gasteiger partial charge in [0.1, 0.15) is 23.0 Å². The molecule has 2 aromatic heterocycles. The molecule has 30 heavy (non-hydrogen) atoms. The predicted molar refractivity (Wildman–Crippen MR) is 117 cm³/mol. The zero-order valence-corrected chi connectivity index (χ0v) is 17.8. The van der Waals surface area contributed by atoms with Gasteiger partial charge in [0.25, 0.3) is 0 Å². The van der Waals surface area contributed by atoms with E-state index in [4.69, 9.17) is 4.74 Å². The summed E-state index contributed by atoms with van der Waals surface area (Å²) in [5.74, 6) is 0.979. The minimum absolute atomic E-state index is 0.284. The second kappa shape index (κ2) is 7.26. The Morgan fingerprint density at radius 2 is 1.67 bits per heavy atom. The lowest BCUT2D eigenvalue weighted by Crippen LogP contribution is -2.15. The van der Waals surface area contributed by atoms with Gasteiger partial charge in [-0.05, 0) is 93.3 Å². The molecule has 5 heteroatoms. The Kier molecular flexibility index (Phi) is 4.86. The van der Waals surface area contributed by atoms with Gasteiger partial charge in [-0.1, -0.05) is 6.07 Å². The van der Waals surface area contributed by atoms with Gasteiger partial charge in [-0.2, -0.15) is 0 Å². The number of benzene rings is 2. The molecule has 0 bridgehead atoms. The molecule has 0 spiro atoms. The van der Waals surface area contributed by atoms with Crippen LogP contribution in [0.3, 0.4) is 0 Å². The molecule has 0 atom stereocenters. The fraction of sp³-hybridized carbons (Fsp3) is 0.240. The van der Waals surface area contributed by atoms with Crippen molar-refractivity contribution in [2.45, 2.75) is 40.2 Å². The van der Waals surface area contributed by atoms with Crippen LogP contribution in [0.15, 0.2) is 48.7 Å². The number of pyridine rings is 1. The maximum atomic E-state index is 13.8. The summed E-state index contributed by atoms with van der Waals surface area (Å²) in [6, 6.07) is 12.6. The molecule has 0 unspecified atom stereocenters. The van der Waals surface area contributed by atoms with Crippen LogP contribution in [0, 0.1) is 26.6 Å². The van der Waals surface area contributed by atoms with Crippen molar-refractivity contribution >= 4 is 11.0 Å². The van der Waals surface area contributed by atoms with E-state index in [9.17, 15) is 9.50 Å². The van der Waals surface area contributed by atoms with Crippen molar-refractivity contribution in [3.05, 3.63) is 76.9 Å². The topological polar surface area (TPSA) is 58.1 Å². The Morgan fingerprint density at radius 1 is 0.967 bits per heavy atom. The first-order valence-corrected chi connectivity index (χ1v) is 9.90. The summed E-state index contributed by atoms with van der Waals surface area (Å²) < 4.78 is 20.1. The van der Waals surface area contributed by atoms with Gasteiger partial charge in [0.05, 0.1) is 5.60 Å². The first-order chi connectivity index (χ1) is 14.1. The van der Waals surface area contributed by atoms with E-state index in [-0.39, 0.29) is 5.82 Å². The Hall–Kier alpha value is -3.18. The minimum atomic E-state index is -1.01. The molecule has 2 aromatic carbocycles. The Morgan fingerprint density at radius 3 is 2.33 bits per heavy atom. The van der Waals surface area contributed by atoms with Gasteiger partial charge >= 0.3 is 0 Å². The number of H-pyrrole nitrogens is 1. The SMILES string of the molecule is Cc1cc(-c2cc(C(C)(C)O)ccc2Oc2c(C)cc(F)cc2C)c2cc[nH]c2n1. The molecule has 4 aromatic rings. The first kappa shape index (κ1) is 20.1. The molecule has 0 amide bonds. The highest BCUT2D eigenvalue weighted by atomic mass is 19.1. The number of rotatable bonds is 4. The molecular weight excluding hydrogens is 379 g/mol. The smallest absolute Gasteiger partial charge is 0.138 e. The van der Waals surface area contributed by atoms with Crippen molar-refractivity contribution in [3.63, 3.8) is 0 Å². The maximum Gasteiger partial charge on any atom is 0.138 e. The van der Waals surface area contributed by atoms with Crippen LogP contribution in [-0.2, 0) is 5.60 Å². The molecule has 2 heterocycles. The standard InChI is InChI=1S/C25H25FN2O2/c1-14-10-18(26)11-15(2)23(14)30-22-7-6-17(25(4,5)29)13-21(22)20-12-16(3)28-24-19(20)8-9-27-24/h6-13,29H,1-5H3,(H,27,28). The fourth-order valence-electron chi connectivity index (χ4n) is 3.77. The van der Waals surface area contributed by atoms with Crippen molar-refractivity contribution in [1.29, 1.82) is 0 Å². The van der Waals surface area contributed by atoms with Gasteiger partial charge in [-0.25, -0.2) is 9.37 Å². The van der Waals surface area contributed by atoms with E-state index in [1.54, 1.807) is 13.8 Å². The van der Waals surface area contributed by atoms with E-state index < -0.39 is 5.60 Å². The highest BCUT2D eigenvalue weighted by molar-refractivity contribution is 5.95. The number of nitrogens with zero attached hydrogens (tertiary/aromatic N) is 1. The molecule has 0 aliphatic rings. The summed E-state index contributed by atoms with van der Waals surface area (Å²) >= 11 is 0. The van der Waals surface area contributed by atoms with E-state index in [2.05, 4.69) is 9.97 Å². The molecule has 0 fully saturated rings. The summed E-state index contributed by atoms with van der Waals surface area (Å²) in [7, 11) is 0. The maximum absolute atomic E-state index is 13.8. The third-order valence-corrected chi connectivity index (χ3v) is 5.27. The largest absolute Gasteiger partial charge is 0.456 e. The van der Waals surface area contributed by atoms with Gasteiger partial charge in [0.2, 0.25) is 0 Å². The van der Waals surface area contributed by atoms with Gasteiger partial charge in [-0.3, -0.25) is 0 Å². The third-order valence-electron chi connectivity index (χ3n) is 5.27. The van der Waals surface area contributed by atoms with Crippen LogP contribution >= 0.6 is 0 Å². The second-order valence-electron chi connectivity index (χ2n) is 8.29. The molecule has 4 nitrogen and oxygen atoms in total. The molecular formula is C25H25FN2O2. The van der Waals surface area contributed by atoms with Crippen molar-refractivity contribution in [3.8, 4) is 22.6 Å². The number of hydrogen-bond acceptors (Lipinski definition) is 3. The third kappa shape index (κ3) is 3.68. The number of aryl methyl sites for hydroxylation is 3. The van der Waals surface area contributed by atoms with Crippen molar-refractivity contribution in [2.24, 2.45) is 0 Å². The Balaban J connectivity index is 1.95. The minimum Gasteiger partial charge on any atom is -0.456 e. The van der Waals surface area contributed by atoms with E-state index in [1.165, 1.54) is 12.1 Å². The second-order valence-corrected chi connectivity index (χ2v) is 8.29. The molecule has 0 radical (unpaired) electrons. The zero-order chi connectivity index (χ0) is 21.6. The number of aromatic amines is 1. The van der Waals surface area contributed by atoms with Crippen LogP contribution in [0.2, 0.25) is 0 Å². The van der Waals surface area contributed by atoms with Crippen LogP contribution < -0.4 is 4.74 Å². The summed E-state index contributed by atoms with van der Waals surface area (Å²) in [4.78, 5) is 7.72. The van der Waals surface area contributed by atoms with Gasteiger partial charge in [0, 0.05) is 22.8 Å². The molecule has 2 N–H and O–H groups in total. The van der Waals surface area contributed by atoms with Crippen molar-refractivity contribution < 1.29 is 14.2 Å². The molecule has 154 valence electrons. The molecule has 0 aliphatic heterocycles. The molecule has 0 aliphatic carbocycles. The number of nitrogens with one attached hydrogen (secondary N) is 1. The molecule has 0 saturated carbocycles. The summed E-state index contributed by atoms with van der Waals surface area (Å²) in [5, 5.41) is 11.6. The van der Waals surface area contributed by atoms with Crippen LogP contribution in [-0.4, -0.2) is 15.1 Å². The van der Waals surface area contributed by atoms with Gasteiger partial charge in [-0.15, -0.1) is 0 Å². The zero-order valence-electron chi connectivity index (χ0n) is 17.8. The predicted octanol–water partition coefficient (Wildman–Crippen LogP) is 6.31. The Bertz CT molecular complexity index is 1230. The highest BCUT2D eigenvalue weighted by Crippen LogP contribution is 2.41. The lowest BCUT2D eigenvalue weighted by Gasteiger charge is -2.22. The number of hydrogen-bond donors (Lipinski definition) is 2. The summed E-state index contributed by atoms with van der Waals surface area (Å²) in [5.41, 5.74) is 4.67. The highest BCUT2D eigenvalue weighted by Gasteiger charge is 2.21. The number of ether oxygens (including phenoxy) is 1. The normalized spacial score (nSPS) is 11.8. The lowest BCUT2D eigenvalue weighted by molar-refractivity contribution is 0.0786. The lowest BCUT2D eigenvalue weighted by atomic mass is 9.92. The molecule has 4 rings (SSSR count). The van der Waals surface area contributed by atoms with Crippen LogP contribution in [0.5, 0.6) is 11.5 Å². The number of halogens is 1. The Labute approximate surface area is 175 Å². The monoisotopic (exact) mass is 404 g/mol. The van der Waals surface area contributed by atoms with Crippen LogP contribution in [0.1, 0.15) is 36.2 Å².